The maximum atomic E-state index is 12.2. The molecule has 0 aromatic heterocycles. The molecule has 1 saturated carbocycles. The van der Waals surface area contributed by atoms with Crippen LogP contribution in [0.2, 0.25) is 0 Å². The minimum Gasteiger partial charge on any atom is -0.343 e. The van der Waals surface area contributed by atoms with Crippen LogP contribution in [-0.4, -0.2) is 68.1 Å². The number of hydrogen-bond acceptors (Lipinski definition) is 5. The Balaban J connectivity index is 1.63. The highest BCUT2D eigenvalue weighted by Gasteiger charge is 2.28. The van der Waals surface area contributed by atoms with Gasteiger partial charge in [-0.2, -0.15) is 0 Å². The van der Waals surface area contributed by atoms with Crippen molar-refractivity contribution in [3.63, 3.8) is 0 Å². The summed E-state index contributed by atoms with van der Waals surface area (Å²) in [7, 11) is 1.97. The first-order valence-corrected chi connectivity index (χ1v) is 8.47. The minimum absolute atomic E-state index is 0.0983. The molecule has 1 saturated heterocycles. The highest BCUT2D eigenvalue weighted by molar-refractivity contribution is 5.80. The molecule has 0 unspecified atom stereocenters. The maximum Gasteiger partial charge on any atom is 0.224 e. The predicted molar refractivity (Wildman–Crippen MR) is 86.2 cm³/mol. The van der Waals surface area contributed by atoms with Crippen molar-refractivity contribution in [1.29, 1.82) is 0 Å². The quantitative estimate of drug-likeness (QED) is 0.736. The summed E-state index contributed by atoms with van der Waals surface area (Å²) >= 11 is 0. The number of piperazine rings is 1. The second kappa shape index (κ2) is 8.60. The summed E-state index contributed by atoms with van der Waals surface area (Å²) in [5.74, 6) is 0.725. The number of nitrogens with zero attached hydrogens (tertiary/aromatic N) is 2. The van der Waals surface area contributed by atoms with Gasteiger partial charge in [0.15, 0.2) is 0 Å². The van der Waals surface area contributed by atoms with Gasteiger partial charge in [0, 0.05) is 44.7 Å². The van der Waals surface area contributed by atoms with Gasteiger partial charge >= 0.3 is 0 Å². The van der Waals surface area contributed by atoms with Gasteiger partial charge in [-0.15, -0.1) is 0 Å². The van der Waals surface area contributed by atoms with E-state index >= 15 is 0 Å². The van der Waals surface area contributed by atoms with Crippen LogP contribution in [0.15, 0.2) is 0 Å². The van der Waals surface area contributed by atoms with Crippen LogP contribution in [0, 0.1) is 11.8 Å². The Labute approximate surface area is 133 Å². The summed E-state index contributed by atoms with van der Waals surface area (Å²) in [5, 5.41) is 6.25. The summed E-state index contributed by atoms with van der Waals surface area (Å²) < 4.78 is 0. The smallest absolute Gasteiger partial charge is 0.224 e. The largest absolute Gasteiger partial charge is 0.343 e. The lowest BCUT2D eigenvalue weighted by molar-refractivity contribution is -0.129. The molecule has 0 atom stereocenters. The third-order valence-corrected chi connectivity index (χ3v) is 5.00. The molecular formula is C16H30N4O2. The Morgan fingerprint density at radius 3 is 1.91 bits per heavy atom. The van der Waals surface area contributed by atoms with E-state index in [4.69, 9.17) is 0 Å². The first-order valence-electron chi connectivity index (χ1n) is 8.47. The van der Waals surface area contributed by atoms with Crippen molar-refractivity contribution in [3.05, 3.63) is 0 Å². The molecule has 6 nitrogen and oxygen atoms in total. The van der Waals surface area contributed by atoms with Gasteiger partial charge in [0.2, 0.25) is 5.91 Å². The second-order valence-electron chi connectivity index (χ2n) is 6.61. The van der Waals surface area contributed by atoms with E-state index < -0.39 is 0 Å². The third-order valence-electron chi connectivity index (χ3n) is 5.00. The molecule has 0 aromatic carbocycles. The topological polar surface area (TPSA) is 64.7 Å². The number of carbonyl (C=O) groups excluding carboxylic acids is 2. The van der Waals surface area contributed by atoms with Crippen LogP contribution in [0.25, 0.3) is 0 Å². The molecule has 0 radical (unpaired) electrons. The second-order valence-corrected chi connectivity index (χ2v) is 6.61. The van der Waals surface area contributed by atoms with Crippen molar-refractivity contribution >= 4 is 11.7 Å². The van der Waals surface area contributed by atoms with E-state index in [1.807, 2.05) is 7.05 Å². The third kappa shape index (κ3) is 5.04. The van der Waals surface area contributed by atoms with Crippen LogP contribution in [0.5, 0.6) is 0 Å². The van der Waals surface area contributed by atoms with Gasteiger partial charge in [-0.3, -0.25) is 19.4 Å². The van der Waals surface area contributed by atoms with E-state index in [-0.39, 0.29) is 23.5 Å². The molecule has 2 fully saturated rings. The van der Waals surface area contributed by atoms with Crippen molar-refractivity contribution in [2.75, 3.05) is 46.6 Å². The van der Waals surface area contributed by atoms with E-state index in [1.54, 1.807) is 6.92 Å². The van der Waals surface area contributed by atoms with E-state index in [0.717, 1.165) is 58.5 Å². The molecule has 2 N–H and O–H groups in total. The van der Waals surface area contributed by atoms with Crippen molar-refractivity contribution in [3.8, 4) is 0 Å². The lowest BCUT2D eigenvalue weighted by Gasteiger charge is -2.35. The van der Waals surface area contributed by atoms with E-state index in [0.29, 0.717) is 6.67 Å². The fraction of sp³-hybridized carbons (Fsp3) is 0.875. The van der Waals surface area contributed by atoms with Crippen LogP contribution >= 0.6 is 0 Å². The summed E-state index contributed by atoms with van der Waals surface area (Å²) in [4.78, 5) is 28.3. The summed E-state index contributed by atoms with van der Waals surface area (Å²) in [6.45, 7) is 7.33. The lowest BCUT2D eigenvalue weighted by atomic mass is 9.80. The van der Waals surface area contributed by atoms with E-state index in [2.05, 4.69) is 20.4 Å². The van der Waals surface area contributed by atoms with E-state index in [9.17, 15) is 9.59 Å². The Hall–Kier alpha value is -0.980. The Morgan fingerprint density at radius 1 is 0.909 bits per heavy atom. The monoisotopic (exact) mass is 310 g/mol. The number of amides is 1. The van der Waals surface area contributed by atoms with Crippen molar-refractivity contribution in [2.45, 2.75) is 32.6 Å². The molecule has 6 heteroatoms. The van der Waals surface area contributed by atoms with Crippen LogP contribution in [0.1, 0.15) is 32.6 Å². The average Bonchev–Trinajstić information content (AvgIpc) is 2.54. The maximum absolute atomic E-state index is 12.2. The number of rotatable bonds is 6. The van der Waals surface area contributed by atoms with E-state index in [1.165, 1.54) is 0 Å². The highest BCUT2D eigenvalue weighted by Crippen LogP contribution is 2.29. The molecule has 22 heavy (non-hydrogen) atoms. The first-order chi connectivity index (χ1) is 10.6. The Bertz CT molecular complexity index is 372. The number of carbonyl (C=O) groups is 2. The van der Waals surface area contributed by atoms with Crippen molar-refractivity contribution in [1.82, 2.24) is 20.4 Å². The van der Waals surface area contributed by atoms with Crippen LogP contribution in [0.4, 0.5) is 0 Å². The van der Waals surface area contributed by atoms with Crippen LogP contribution < -0.4 is 10.6 Å². The molecule has 0 bridgehead atoms. The fourth-order valence-electron chi connectivity index (χ4n) is 3.43. The zero-order chi connectivity index (χ0) is 15.9. The van der Waals surface area contributed by atoms with Gasteiger partial charge in [0.1, 0.15) is 5.78 Å². The highest BCUT2D eigenvalue weighted by atomic mass is 16.2. The molecule has 1 aliphatic heterocycles. The van der Waals surface area contributed by atoms with Gasteiger partial charge < -0.3 is 10.6 Å². The molecule has 2 aliphatic rings. The standard InChI is InChI=1S/C16H30N4O2/c1-13(21)14-3-5-15(6-4-14)16(22)18-12-20-9-7-19(8-10-20)11-17-2/h14-15,17H,3-12H2,1-2H3,(H,18,22). The SMILES string of the molecule is CNCN1CCN(CNC(=O)C2CCC(C(C)=O)CC2)CC1. The van der Waals surface area contributed by atoms with Crippen molar-refractivity contribution < 1.29 is 9.59 Å². The summed E-state index contributed by atoms with van der Waals surface area (Å²) in [5.41, 5.74) is 0. The summed E-state index contributed by atoms with van der Waals surface area (Å²) in [6.07, 6.45) is 3.45. The molecule has 1 aliphatic carbocycles. The summed E-state index contributed by atoms with van der Waals surface area (Å²) in [6, 6.07) is 0. The van der Waals surface area contributed by atoms with Gasteiger partial charge in [0.25, 0.3) is 0 Å². The molecule has 0 aromatic rings. The molecular weight excluding hydrogens is 280 g/mol. The molecule has 1 amide bonds. The number of Topliss-reactive ketones (excluding diaryl/α,β-unsaturated/α-hetero) is 1. The molecule has 1 heterocycles. The Morgan fingerprint density at radius 2 is 1.41 bits per heavy atom. The zero-order valence-electron chi connectivity index (χ0n) is 13.9. The number of nitrogens with one attached hydrogen (secondary N) is 2. The predicted octanol–water partition coefficient (Wildman–Crippen LogP) is 0.250. The average molecular weight is 310 g/mol. The van der Waals surface area contributed by atoms with Gasteiger partial charge in [-0.25, -0.2) is 0 Å². The minimum atomic E-state index is 0.0983. The number of hydrogen-bond donors (Lipinski definition) is 2. The van der Waals surface area contributed by atoms with Gasteiger partial charge in [-0.05, 0) is 39.7 Å². The molecule has 2 rings (SSSR count). The lowest BCUT2D eigenvalue weighted by Crippen LogP contribution is -2.52. The normalized spacial score (nSPS) is 27.5. The van der Waals surface area contributed by atoms with Crippen molar-refractivity contribution in [2.24, 2.45) is 11.8 Å². The van der Waals surface area contributed by atoms with Gasteiger partial charge in [-0.1, -0.05) is 0 Å². The molecule has 126 valence electrons. The molecule has 0 spiro atoms. The van der Waals surface area contributed by atoms with Gasteiger partial charge in [0.05, 0.1) is 6.67 Å². The fourth-order valence-corrected chi connectivity index (χ4v) is 3.43. The number of ketones is 1. The first kappa shape index (κ1) is 17.4. The van der Waals surface area contributed by atoms with Crippen LogP contribution in [-0.2, 0) is 9.59 Å². The van der Waals surface area contributed by atoms with Crippen LogP contribution in [0.3, 0.4) is 0 Å². The zero-order valence-corrected chi connectivity index (χ0v) is 13.9. The Kier molecular flexibility index (Phi) is 6.79.